The molecule has 0 saturated carbocycles. The number of imide groups is 5. The van der Waals surface area contributed by atoms with Crippen LogP contribution in [0.25, 0.3) is 0 Å². The average Bonchev–Trinajstić information content (AvgIpc) is 3.68. The molecule has 0 atom stereocenters. The van der Waals surface area contributed by atoms with E-state index in [0.717, 1.165) is 68.8 Å². The summed E-state index contributed by atoms with van der Waals surface area (Å²) in [6, 6.07) is 0. The normalized spacial score (nSPS) is 14.2. The first-order chi connectivity index (χ1) is 22.9. The number of alkyl halides is 3. The van der Waals surface area contributed by atoms with Gasteiger partial charge in [0, 0.05) is 69.3 Å². The monoisotopic (exact) mass is 707 g/mol. The predicted octanol–water partition coefficient (Wildman–Crippen LogP) is 1.12. The molecule has 0 aromatic carbocycles. The number of primary amides is 1. The van der Waals surface area contributed by atoms with Gasteiger partial charge in [0.25, 0.3) is 35.4 Å². The summed E-state index contributed by atoms with van der Waals surface area (Å²) in [6.07, 6.45) is 3.12. The minimum Gasteiger partial charge on any atom is -0.453 e. The molecule has 20 heteroatoms. The van der Waals surface area contributed by atoms with Crippen molar-refractivity contribution in [2.45, 2.75) is 46.2 Å². The summed E-state index contributed by atoms with van der Waals surface area (Å²) in [5.41, 5.74) is 4.43. The van der Waals surface area contributed by atoms with E-state index < -0.39 is 54.4 Å². The second kappa shape index (κ2) is 24.7. The van der Waals surface area contributed by atoms with Crippen LogP contribution in [0.1, 0.15) is 40.0 Å². The maximum atomic E-state index is 11.7. The Morgan fingerprint density at radius 2 is 1.08 bits per heavy atom. The lowest BCUT2D eigenvalue weighted by Crippen LogP contribution is -2.42. The molecule has 274 valence electrons. The molecule has 0 aliphatic carbocycles. The molecule has 3 N–H and O–H groups in total. The maximum Gasteiger partial charge on any atom is 0.471 e. The lowest BCUT2D eigenvalue weighted by molar-refractivity contribution is -0.173. The summed E-state index contributed by atoms with van der Waals surface area (Å²) in [7, 11) is 2.32. The Labute approximate surface area is 279 Å². The zero-order valence-corrected chi connectivity index (χ0v) is 27.6. The Bertz CT molecular complexity index is 1230. The van der Waals surface area contributed by atoms with E-state index in [1.165, 1.54) is 24.2 Å². The van der Waals surface area contributed by atoms with Crippen molar-refractivity contribution in [3.8, 4) is 0 Å². The zero-order valence-electron chi connectivity index (χ0n) is 27.6. The van der Waals surface area contributed by atoms with Gasteiger partial charge >= 0.3 is 24.3 Å². The number of unbranched alkanes of at least 4 members (excludes halogenated alkanes) is 2. The van der Waals surface area contributed by atoms with Gasteiger partial charge in [0.1, 0.15) is 0 Å². The number of carbonyl (C=O) groups is 9. The second-order valence-corrected chi connectivity index (χ2v) is 8.90. The van der Waals surface area contributed by atoms with Crippen LogP contribution < -0.4 is 11.1 Å². The van der Waals surface area contributed by atoms with Crippen LogP contribution in [-0.2, 0) is 47.8 Å². The molecule has 3 rings (SSSR count). The third-order valence-corrected chi connectivity index (χ3v) is 5.44. The van der Waals surface area contributed by atoms with Crippen molar-refractivity contribution in [2.24, 2.45) is 5.73 Å². The molecule has 17 nitrogen and oxygen atoms in total. The number of hydrogen-bond donors (Lipinski definition) is 2. The predicted molar refractivity (Wildman–Crippen MR) is 162 cm³/mol. The van der Waals surface area contributed by atoms with E-state index in [9.17, 15) is 56.3 Å². The largest absolute Gasteiger partial charge is 0.471 e. The van der Waals surface area contributed by atoms with Crippen molar-refractivity contribution in [2.75, 3.05) is 47.1 Å². The van der Waals surface area contributed by atoms with Crippen LogP contribution in [0.5, 0.6) is 0 Å². The van der Waals surface area contributed by atoms with E-state index in [-0.39, 0.29) is 18.4 Å². The number of hydrogen-bond acceptors (Lipinski definition) is 12. The van der Waals surface area contributed by atoms with E-state index >= 15 is 0 Å². The van der Waals surface area contributed by atoms with Gasteiger partial charge in [-0.15, -0.1) is 0 Å². The molecule has 0 fully saturated rings. The van der Waals surface area contributed by atoms with Gasteiger partial charge in [-0.3, -0.25) is 43.4 Å². The number of methoxy groups -OCH3 is 2. The highest BCUT2D eigenvalue weighted by atomic mass is 19.4. The van der Waals surface area contributed by atoms with Crippen LogP contribution >= 0.6 is 0 Å². The number of halogens is 3. The Kier molecular flexibility index (Phi) is 23.1. The summed E-state index contributed by atoms with van der Waals surface area (Å²) in [5.74, 6) is -4.98. The molecule has 9 amide bonds. The van der Waals surface area contributed by atoms with Gasteiger partial charge in [-0.25, -0.2) is 9.59 Å². The SMILES string of the molecule is CCCCCN1C(=O)C=CC1=O.CCOCC.COC(=O)N1C(=O)C=CC1=O.COC(N)=O.O=C1C=CC(=O)N1CCNC(=O)C(F)(F)F. The summed E-state index contributed by atoms with van der Waals surface area (Å²) >= 11 is 0. The highest BCUT2D eigenvalue weighted by Crippen LogP contribution is 2.14. The molecule has 0 spiro atoms. The first-order valence-corrected chi connectivity index (χ1v) is 14.4. The molecule has 0 bridgehead atoms. The second-order valence-electron chi connectivity index (χ2n) is 8.90. The smallest absolute Gasteiger partial charge is 0.453 e. The molecule has 3 heterocycles. The maximum absolute atomic E-state index is 11.7. The summed E-state index contributed by atoms with van der Waals surface area (Å²) in [5, 5.41) is 1.55. The molecule has 3 aliphatic heterocycles. The highest BCUT2D eigenvalue weighted by molar-refractivity contribution is 6.21. The Hall–Kier alpha value is -5.40. The van der Waals surface area contributed by atoms with Crippen molar-refractivity contribution in [3.63, 3.8) is 0 Å². The van der Waals surface area contributed by atoms with E-state index in [1.54, 1.807) is 5.32 Å². The number of nitrogens with two attached hydrogens (primary N) is 1. The van der Waals surface area contributed by atoms with Gasteiger partial charge in [0.05, 0.1) is 14.2 Å². The summed E-state index contributed by atoms with van der Waals surface area (Å²) < 4.78 is 48.1. The minimum atomic E-state index is -4.96. The molecule has 0 saturated heterocycles. The topological polar surface area (TPSA) is 229 Å². The molecule has 49 heavy (non-hydrogen) atoms. The standard InChI is InChI=1S/C9H13NO2.C8H7F3N2O3.C6H5NO4.C4H10O.C2H5NO2/c1-2-3-4-7-10-8(11)5-6-9(10)12;9-8(10,11)7(16)12-3-4-13-5(14)1-2-6(13)15;1-11-6(10)7-4(8)2-3-5(7)9;1-3-5-4-2;1-5-2(3)4/h5-6H,2-4,7H2,1H3;1-2H,3-4H2,(H,12,16);2-3H,1H3;3-4H2,1-2H3;1H3,(H2,3,4). The van der Waals surface area contributed by atoms with E-state index in [0.29, 0.717) is 11.4 Å². The number of amides is 9. The molecule has 3 aliphatic rings. The third kappa shape index (κ3) is 19.1. The van der Waals surface area contributed by atoms with Crippen LogP contribution in [0.3, 0.4) is 0 Å². The number of nitrogens with zero attached hydrogens (tertiary/aromatic N) is 3. The van der Waals surface area contributed by atoms with Gasteiger partial charge < -0.3 is 25.3 Å². The number of ether oxygens (including phenoxy) is 3. The van der Waals surface area contributed by atoms with Crippen molar-refractivity contribution in [3.05, 3.63) is 36.5 Å². The van der Waals surface area contributed by atoms with Crippen LogP contribution in [0.4, 0.5) is 22.8 Å². The van der Waals surface area contributed by atoms with Crippen molar-refractivity contribution in [1.29, 1.82) is 0 Å². The van der Waals surface area contributed by atoms with Crippen LogP contribution in [0.15, 0.2) is 36.5 Å². The summed E-state index contributed by atoms with van der Waals surface area (Å²) in [4.78, 5) is 98.1. The van der Waals surface area contributed by atoms with Gasteiger partial charge in [-0.05, 0) is 20.3 Å². The van der Waals surface area contributed by atoms with E-state index in [2.05, 4.69) is 22.1 Å². The fourth-order valence-electron chi connectivity index (χ4n) is 3.08. The third-order valence-electron chi connectivity index (χ3n) is 5.44. The Morgan fingerprint density at radius 3 is 1.39 bits per heavy atom. The fraction of sp³-hybridized carbons (Fsp3) is 0.483. The van der Waals surface area contributed by atoms with Crippen LogP contribution in [-0.4, -0.2) is 121 Å². The van der Waals surface area contributed by atoms with E-state index in [4.69, 9.17) is 4.74 Å². The summed E-state index contributed by atoms with van der Waals surface area (Å²) in [6.45, 7) is 7.61. The molecule has 0 aromatic rings. The molecular formula is C29H40F3N5O12. The molecular weight excluding hydrogens is 667 g/mol. The van der Waals surface area contributed by atoms with E-state index in [1.807, 2.05) is 13.8 Å². The van der Waals surface area contributed by atoms with Gasteiger partial charge in [0.15, 0.2) is 0 Å². The van der Waals surface area contributed by atoms with Crippen LogP contribution in [0.2, 0.25) is 0 Å². The van der Waals surface area contributed by atoms with Gasteiger partial charge in [-0.1, -0.05) is 19.8 Å². The molecule has 0 unspecified atom stereocenters. The average molecular weight is 708 g/mol. The van der Waals surface area contributed by atoms with Crippen molar-refractivity contribution >= 4 is 53.5 Å². The number of carbonyl (C=O) groups excluding carboxylic acids is 9. The van der Waals surface area contributed by atoms with Gasteiger partial charge in [-0.2, -0.15) is 18.1 Å². The zero-order chi connectivity index (χ0) is 38.2. The first-order valence-electron chi connectivity index (χ1n) is 14.4. The highest BCUT2D eigenvalue weighted by Gasteiger charge is 2.38. The lowest BCUT2D eigenvalue weighted by Gasteiger charge is -2.14. The van der Waals surface area contributed by atoms with Crippen molar-refractivity contribution < 1.29 is 70.5 Å². The Morgan fingerprint density at radius 1 is 0.694 bits per heavy atom. The lowest BCUT2D eigenvalue weighted by atomic mass is 10.2. The quantitative estimate of drug-likeness (QED) is 0.254. The van der Waals surface area contributed by atoms with Crippen molar-refractivity contribution in [1.82, 2.24) is 20.0 Å². The Balaban J connectivity index is 0. The van der Waals surface area contributed by atoms with Crippen LogP contribution in [0, 0.1) is 0 Å². The molecule has 0 aromatic heterocycles. The number of rotatable bonds is 9. The fourth-order valence-corrected chi connectivity index (χ4v) is 3.08. The van der Waals surface area contributed by atoms with Gasteiger partial charge in [0.2, 0.25) is 0 Å². The number of nitrogens with one attached hydrogen (secondary N) is 1. The molecule has 0 radical (unpaired) electrons. The minimum absolute atomic E-state index is 0.170. The first kappa shape index (κ1) is 45.7.